The van der Waals surface area contributed by atoms with E-state index in [9.17, 15) is 4.79 Å². The Morgan fingerprint density at radius 1 is 1.50 bits per heavy atom. The third-order valence-corrected chi connectivity index (χ3v) is 4.80. The van der Waals surface area contributed by atoms with E-state index >= 15 is 0 Å². The predicted octanol–water partition coefficient (Wildman–Crippen LogP) is 1.55. The maximum absolute atomic E-state index is 12.5. The molecule has 2 fully saturated rings. The van der Waals surface area contributed by atoms with Crippen LogP contribution in [-0.2, 0) is 4.74 Å². The maximum atomic E-state index is 12.5. The maximum Gasteiger partial charge on any atom is 0.316 e. The van der Waals surface area contributed by atoms with Crippen molar-refractivity contribution >= 4 is 5.91 Å². The first-order chi connectivity index (χ1) is 11.7. The number of ether oxygens (including phenoxy) is 2. The smallest absolute Gasteiger partial charge is 0.316 e. The number of furan rings is 1. The molecule has 4 heterocycles. The number of carbonyl (C=O) groups is 1. The summed E-state index contributed by atoms with van der Waals surface area (Å²) in [5.41, 5.74) is 0.646. The molecule has 2 saturated heterocycles. The first-order valence-electron chi connectivity index (χ1n) is 7.99. The number of hydrogen-bond acceptors (Lipinski definition) is 6. The molecule has 2 aromatic heterocycles. The van der Waals surface area contributed by atoms with Crippen molar-refractivity contribution in [3.8, 4) is 6.01 Å². The van der Waals surface area contributed by atoms with E-state index in [0.717, 1.165) is 5.69 Å². The van der Waals surface area contributed by atoms with Gasteiger partial charge in [-0.1, -0.05) is 0 Å². The lowest BCUT2D eigenvalue weighted by Gasteiger charge is -2.26. The van der Waals surface area contributed by atoms with Gasteiger partial charge in [-0.25, -0.2) is 9.97 Å². The zero-order valence-electron chi connectivity index (χ0n) is 13.5. The van der Waals surface area contributed by atoms with E-state index in [0.29, 0.717) is 44.7 Å². The molecule has 2 aliphatic rings. The van der Waals surface area contributed by atoms with Crippen LogP contribution in [-0.4, -0.2) is 53.7 Å². The van der Waals surface area contributed by atoms with Crippen LogP contribution < -0.4 is 4.74 Å². The molecule has 0 radical (unpaired) electrons. The lowest BCUT2D eigenvalue weighted by molar-refractivity contribution is 0.0625. The van der Waals surface area contributed by atoms with Gasteiger partial charge in [-0.15, -0.1) is 0 Å². The molecule has 0 aliphatic carbocycles. The Balaban J connectivity index is 1.47. The lowest BCUT2D eigenvalue weighted by atomic mass is 9.82. The molecule has 126 valence electrons. The molecule has 0 spiro atoms. The van der Waals surface area contributed by atoms with Crippen molar-refractivity contribution in [2.24, 2.45) is 11.3 Å². The van der Waals surface area contributed by atoms with Gasteiger partial charge in [0.15, 0.2) is 5.76 Å². The van der Waals surface area contributed by atoms with E-state index in [1.807, 2.05) is 17.9 Å². The van der Waals surface area contributed by atoms with E-state index < -0.39 is 0 Å². The van der Waals surface area contributed by atoms with Crippen molar-refractivity contribution in [1.29, 1.82) is 0 Å². The third-order valence-electron chi connectivity index (χ3n) is 4.80. The van der Waals surface area contributed by atoms with Crippen LogP contribution in [0.2, 0.25) is 0 Å². The summed E-state index contributed by atoms with van der Waals surface area (Å²) < 4.78 is 16.7. The van der Waals surface area contributed by atoms with Crippen molar-refractivity contribution in [2.75, 3.05) is 32.9 Å². The first-order valence-corrected chi connectivity index (χ1v) is 7.99. The molecule has 0 N–H and O–H groups in total. The first kappa shape index (κ1) is 15.1. The molecule has 0 bridgehead atoms. The summed E-state index contributed by atoms with van der Waals surface area (Å²) in [4.78, 5) is 22.8. The SMILES string of the molecule is Cc1ccnc(OC[C@]23COC[C@H]2CN(C(=O)c2ccco2)C3)n1. The van der Waals surface area contributed by atoms with E-state index in [4.69, 9.17) is 13.9 Å². The Hall–Kier alpha value is -2.41. The summed E-state index contributed by atoms with van der Waals surface area (Å²) in [6, 6.07) is 5.61. The summed E-state index contributed by atoms with van der Waals surface area (Å²) in [7, 11) is 0. The average Bonchev–Trinajstić information content (AvgIpc) is 3.28. The number of aromatic nitrogens is 2. The fourth-order valence-corrected chi connectivity index (χ4v) is 3.45. The van der Waals surface area contributed by atoms with Crippen LogP contribution in [0.4, 0.5) is 0 Å². The monoisotopic (exact) mass is 329 g/mol. The average molecular weight is 329 g/mol. The van der Waals surface area contributed by atoms with Gasteiger partial charge in [-0.2, -0.15) is 0 Å². The number of fused-ring (bicyclic) bond motifs is 1. The van der Waals surface area contributed by atoms with Crippen molar-refractivity contribution in [3.63, 3.8) is 0 Å². The standard InChI is InChI=1S/C17H19N3O4/c1-12-4-5-18-16(19-12)24-11-17-9-20(7-13(17)8-22-10-17)15(21)14-3-2-6-23-14/h2-6,13H,7-11H2,1H3/t13-,17+/m1/s1. The second-order valence-corrected chi connectivity index (χ2v) is 6.51. The summed E-state index contributed by atoms with van der Waals surface area (Å²) in [5.74, 6) is 0.538. The fraction of sp³-hybridized carbons (Fsp3) is 0.471. The minimum absolute atomic E-state index is 0.0828. The molecular formula is C17H19N3O4. The molecule has 1 amide bonds. The van der Waals surface area contributed by atoms with Crippen molar-refractivity contribution in [1.82, 2.24) is 14.9 Å². The number of likely N-dealkylation sites (tertiary alicyclic amines) is 1. The van der Waals surface area contributed by atoms with Gasteiger partial charge in [0.1, 0.15) is 6.61 Å². The fourth-order valence-electron chi connectivity index (χ4n) is 3.45. The van der Waals surface area contributed by atoms with Crippen LogP contribution >= 0.6 is 0 Å². The summed E-state index contributed by atoms with van der Waals surface area (Å²) >= 11 is 0. The van der Waals surface area contributed by atoms with E-state index in [1.54, 1.807) is 18.3 Å². The minimum Gasteiger partial charge on any atom is -0.463 e. The van der Waals surface area contributed by atoms with Gasteiger partial charge in [-0.05, 0) is 25.1 Å². The third kappa shape index (κ3) is 2.65. The Morgan fingerprint density at radius 3 is 3.21 bits per heavy atom. The van der Waals surface area contributed by atoms with Crippen LogP contribution in [0.3, 0.4) is 0 Å². The molecule has 2 aliphatic heterocycles. The Labute approximate surface area is 139 Å². The highest BCUT2D eigenvalue weighted by Gasteiger charge is 2.53. The highest BCUT2D eigenvalue weighted by Crippen LogP contribution is 2.42. The van der Waals surface area contributed by atoms with Crippen LogP contribution in [0.5, 0.6) is 6.01 Å². The second-order valence-electron chi connectivity index (χ2n) is 6.51. The van der Waals surface area contributed by atoms with E-state index in [2.05, 4.69) is 9.97 Å². The van der Waals surface area contributed by atoms with Crippen molar-refractivity contribution in [3.05, 3.63) is 42.1 Å². The summed E-state index contributed by atoms with van der Waals surface area (Å²) in [6.07, 6.45) is 3.19. The quantitative estimate of drug-likeness (QED) is 0.847. The number of aryl methyl sites for hydroxylation is 1. The normalized spacial score (nSPS) is 25.7. The zero-order chi connectivity index (χ0) is 16.6. The molecular weight excluding hydrogens is 310 g/mol. The van der Waals surface area contributed by atoms with Crippen LogP contribution in [0.25, 0.3) is 0 Å². The van der Waals surface area contributed by atoms with Gasteiger partial charge in [0, 0.05) is 30.9 Å². The largest absolute Gasteiger partial charge is 0.463 e. The van der Waals surface area contributed by atoms with Gasteiger partial charge in [0.05, 0.1) is 24.9 Å². The number of amides is 1. The number of nitrogens with zero attached hydrogens (tertiary/aromatic N) is 3. The van der Waals surface area contributed by atoms with Crippen LogP contribution in [0.1, 0.15) is 16.2 Å². The van der Waals surface area contributed by atoms with E-state index in [1.165, 1.54) is 6.26 Å². The van der Waals surface area contributed by atoms with Gasteiger partial charge in [0.25, 0.3) is 5.91 Å². The molecule has 4 rings (SSSR count). The van der Waals surface area contributed by atoms with Crippen molar-refractivity contribution in [2.45, 2.75) is 6.92 Å². The van der Waals surface area contributed by atoms with Gasteiger partial charge in [0.2, 0.25) is 0 Å². The lowest BCUT2D eigenvalue weighted by Crippen LogP contribution is -2.38. The Bertz CT molecular complexity index is 733. The number of rotatable bonds is 4. The second kappa shape index (κ2) is 5.90. The Morgan fingerprint density at radius 2 is 2.42 bits per heavy atom. The van der Waals surface area contributed by atoms with Gasteiger partial charge in [-0.3, -0.25) is 4.79 Å². The number of carbonyl (C=O) groups excluding carboxylic acids is 1. The minimum atomic E-state index is -0.213. The predicted molar refractivity (Wildman–Crippen MR) is 83.6 cm³/mol. The molecule has 0 saturated carbocycles. The molecule has 0 aromatic carbocycles. The molecule has 7 nitrogen and oxygen atoms in total. The van der Waals surface area contributed by atoms with Gasteiger partial charge >= 0.3 is 6.01 Å². The highest BCUT2D eigenvalue weighted by molar-refractivity contribution is 5.91. The molecule has 2 aromatic rings. The highest BCUT2D eigenvalue weighted by atomic mass is 16.5. The van der Waals surface area contributed by atoms with E-state index in [-0.39, 0.29) is 17.2 Å². The van der Waals surface area contributed by atoms with Crippen LogP contribution in [0, 0.1) is 18.3 Å². The van der Waals surface area contributed by atoms with Gasteiger partial charge < -0.3 is 18.8 Å². The summed E-state index contributed by atoms with van der Waals surface area (Å²) in [6.45, 7) is 4.78. The Kier molecular flexibility index (Phi) is 3.72. The number of hydrogen-bond donors (Lipinski definition) is 0. The zero-order valence-corrected chi connectivity index (χ0v) is 13.5. The molecule has 7 heteroatoms. The topological polar surface area (TPSA) is 77.7 Å². The molecule has 2 atom stereocenters. The van der Waals surface area contributed by atoms with Crippen molar-refractivity contribution < 1.29 is 18.7 Å². The summed E-state index contributed by atoms with van der Waals surface area (Å²) in [5, 5.41) is 0. The molecule has 0 unspecified atom stereocenters. The molecule has 24 heavy (non-hydrogen) atoms. The van der Waals surface area contributed by atoms with Crippen LogP contribution in [0.15, 0.2) is 35.1 Å².